The van der Waals surface area contributed by atoms with Gasteiger partial charge in [-0.15, -0.1) is 0 Å². The van der Waals surface area contributed by atoms with E-state index < -0.39 is 53.3 Å². The molecule has 0 saturated carbocycles. The van der Waals surface area contributed by atoms with Crippen LogP contribution in [0.5, 0.6) is 0 Å². The Bertz CT molecular complexity index is 547. The minimum Gasteiger partial charge on any atom is -0.459 e. The second kappa shape index (κ2) is 9.52. The van der Waals surface area contributed by atoms with Gasteiger partial charge < -0.3 is 23.7 Å². The number of carbonyl (C=O) groups excluding carboxylic acids is 4. The highest BCUT2D eigenvalue weighted by Crippen LogP contribution is 2.32. The Labute approximate surface area is 152 Å². The summed E-state index contributed by atoms with van der Waals surface area (Å²) in [5.74, 6) is -3.00. The first-order valence-electron chi connectivity index (χ1n) is 7.26. The van der Waals surface area contributed by atoms with Crippen molar-refractivity contribution >= 4 is 39.8 Å². The van der Waals surface area contributed by atoms with Crippen molar-refractivity contribution in [2.24, 2.45) is 0 Å². The Kier molecular flexibility index (Phi) is 8.04. The molecular weight excluding hydrogens is 404 g/mol. The first-order valence-corrected chi connectivity index (χ1v) is 8.17. The number of rotatable bonds is 6. The van der Waals surface area contributed by atoms with Crippen LogP contribution >= 0.6 is 15.9 Å². The number of carbonyl (C=O) groups is 4. The third-order valence-electron chi connectivity index (χ3n) is 2.96. The van der Waals surface area contributed by atoms with Crippen LogP contribution in [0.1, 0.15) is 20.8 Å². The highest BCUT2D eigenvalue weighted by Gasteiger charge is 2.54. The van der Waals surface area contributed by atoms with Crippen LogP contribution in [0.25, 0.3) is 0 Å². The molecule has 1 saturated heterocycles. The van der Waals surface area contributed by atoms with E-state index in [0.29, 0.717) is 0 Å². The number of hydrogen-bond donors (Lipinski definition) is 0. The molecule has 1 fully saturated rings. The summed E-state index contributed by atoms with van der Waals surface area (Å²) in [6, 6.07) is 0. The van der Waals surface area contributed by atoms with E-state index >= 15 is 0 Å². The summed E-state index contributed by atoms with van der Waals surface area (Å²) in [6.07, 6.45) is -3.83. The van der Waals surface area contributed by atoms with E-state index in [2.05, 4.69) is 22.5 Å². The van der Waals surface area contributed by atoms with Gasteiger partial charge in [0.05, 0.1) is 0 Å². The van der Waals surface area contributed by atoms with Crippen LogP contribution in [-0.2, 0) is 42.9 Å². The molecule has 0 aromatic heterocycles. The Morgan fingerprint density at radius 1 is 0.960 bits per heavy atom. The summed E-state index contributed by atoms with van der Waals surface area (Å²) in [6.45, 7) is 6.71. The lowest BCUT2D eigenvalue weighted by atomic mass is 9.99. The Morgan fingerprint density at radius 3 is 1.92 bits per heavy atom. The van der Waals surface area contributed by atoms with E-state index in [9.17, 15) is 19.2 Å². The first-order chi connectivity index (χ1) is 11.7. The van der Waals surface area contributed by atoms with Crippen LogP contribution < -0.4 is 0 Å². The van der Waals surface area contributed by atoms with Gasteiger partial charge in [0.2, 0.25) is 0 Å². The fourth-order valence-corrected chi connectivity index (χ4v) is 2.82. The van der Waals surface area contributed by atoms with Crippen molar-refractivity contribution in [3.05, 3.63) is 12.7 Å². The van der Waals surface area contributed by atoms with Crippen molar-refractivity contribution < 1.29 is 42.9 Å². The number of halogens is 1. The van der Waals surface area contributed by atoms with Gasteiger partial charge in [0, 0.05) is 20.8 Å². The molecule has 140 valence electrons. The molecule has 0 aromatic rings. The second-order valence-electron chi connectivity index (χ2n) is 5.05. The van der Waals surface area contributed by atoms with Gasteiger partial charge in [-0.05, 0) is 0 Å². The zero-order valence-corrected chi connectivity index (χ0v) is 15.5. The van der Waals surface area contributed by atoms with Gasteiger partial charge in [0.1, 0.15) is 6.61 Å². The third kappa shape index (κ3) is 6.13. The summed E-state index contributed by atoms with van der Waals surface area (Å²) in [5.41, 5.74) is 0. The monoisotopic (exact) mass is 422 g/mol. The van der Waals surface area contributed by atoms with Crippen molar-refractivity contribution in [1.29, 1.82) is 0 Å². The molecule has 0 unspecified atom stereocenters. The van der Waals surface area contributed by atoms with Crippen LogP contribution in [0.4, 0.5) is 0 Å². The number of ether oxygens (including phenoxy) is 5. The molecule has 10 heteroatoms. The van der Waals surface area contributed by atoms with E-state index in [1.165, 1.54) is 6.08 Å². The molecule has 0 aliphatic carbocycles. The first kappa shape index (κ1) is 21.1. The summed E-state index contributed by atoms with van der Waals surface area (Å²) in [5, 5.41) is -1.01. The fraction of sp³-hybridized carbons (Fsp3) is 0.600. The molecule has 1 heterocycles. The minimum absolute atomic E-state index is 0.0932. The normalized spacial score (nSPS) is 28.4. The lowest BCUT2D eigenvalue weighted by Crippen LogP contribution is -2.62. The topological polar surface area (TPSA) is 114 Å². The van der Waals surface area contributed by atoms with E-state index in [1.807, 2.05) is 0 Å². The maximum Gasteiger partial charge on any atom is 0.339 e. The van der Waals surface area contributed by atoms with Gasteiger partial charge in [0.25, 0.3) is 0 Å². The third-order valence-corrected chi connectivity index (χ3v) is 3.70. The average molecular weight is 423 g/mol. The van der Waals surface area contributed by atoms with Crippen LogP contribution in [-0.4, -0.2) is 59.9 Å². The van der Waals surface area contributed by atoms with E-state index in [0.717, 1.165) is 20.8 Å². The van der Waals surface area contributed by atoms with Crippen LogP contribution in [0.3, 0.4) is 0 Å². The maximum atomic E-state index is 12.2. The summed E-state index contributed by atoms with van der Waals surface area (Å²) >= 11 is 3.13. The highest BCUT2D eigenvalue weighted by molar-refractivity contribution is 9.09. The standard InChI is InChI=1S/C15H19BrO9/c1-5-6-21-15(20)13-11(23-8(3)18)10(22-7(2)17)12(14(16)25-13)24-9(4)19/h5,10-14H,1,6H2,2-4H3/t10-,11-,12+,13-,14-/m0/s1. The second-order valence-corrected chi connectivity index (χ2v) is 5.95. The molecule has 0 amide bonds. The molecule has 0 aromatic carbocycles. The van der Waals surface area contributed by atoms with Crippen molar-refractivity contribution in [2.45, 2.75) is 50.2 Å². The van der Waals surface area contributed by atoms with Gasteiger partial charge in [-0.2, -0.15) is 0 Å². The number of hydrogen-bond acceptors (Lipinski definition) is 9. The van der Waals surface area contributed by atoms with Gasteiger partial charge in [-0.25, -0.2) is 4.79 Å². The summed E-state index contributed by atoms with van der Waals surface area (Å²) < 4.78 is 25.7. The Morgan fingerprint density at radius 2 is 1.44 bits per heavy atom. The molecule has 0 N–H and O–H groups in total. The SMILES string of the molecule is C=CCOC(=O)[C@H]1O[C@H](Br)[C@H](OC(C)=O)[C@@H](OC(C)=O)[C@@H]1OC(C)=O. The molecule has 1 aliphatic heterocycles. The lowest BCUT2D eigenvalue weighted by Gasteiger charge is -2.41. The van der Waals surface area contributed by atoms with Crippen molar-refractivity contribution in [2.75, 3.05) is 6.61 Å². The maximum absolute atomic E-state index is 12.2. The molecular formula is C15H19BrO9. The van der Waals surface area contributed by atoms with Gasteiger partial charge in [0.15, 0.2) is 29.4 Å². The molecule has 25 heavy (non-hydrogen) atoms. The van der Waals surface area contributed by atoms with Gasteiger partial charge in [-0.1, -0.05) is 28.6 Å². The van der Waals surface area contributed by atoms with Crippen LogP contribution in [0.2, 0.25) is 0 Å². The lowest BCUT2D eigenvalue weighted by molar-refractivity contribution is -0.234. The van der Waals surface area contributed by atoms with E-state index in [1.54, 1.807) is 0 Å². The smallest absolute Gasteiger partial charge is 0.339 e. The molecule has 0 bridgehead atoms. The molecule has 9 nitrogen and oxygen atoms in total. The Hall–Kier alpha value is -1.94. The predicted octanol–water partition coefficient (Wildman–Crippen LogP) is 0.630. The van der Waals surface area contributed by atoms with E-state index in [-0.39, 0.29) is 6.61 Å². The zero-order chi connectivity index (χ0) is 19.1. The highest BCUT2D eigenvalue weighted by atomic mass is 79.9. The van der Waals surface area contributed by atoms with Gasteiger partial charge in [-0.3, -0.25) is 14.4 Å². The molecule has 0 radical (unpaired) electrons. The molecule has 1 rings (SSSR count). The van der Waals surface area contributed by atoms with Crippen molar-refractivity contribution in [1.82, 2.24) is 0 Å². The van der Waals surface area contributed by atoms with E-state index in [4.69, 9.17) is 23.7 Å². The largest absolute Gasteiger partial charge is 0.459 e. The fourth-order valence-electron chi connectivity index (χ4n) is 2.17. The average Bonchev–Trinajstić information content (AvgIpc) is 2.49. The van der Waals surface area contributed by atoms with Crippen LogP contribution in [0.15, 0.2) is 12.7 Å². The molecule has 0 spiro atoms. The zero-order valence-electron chi connectivity index (χ0n) is 13.9. The number of esters is 4. The Balaban J connectivity index is 3.19. The quantitative estimate of drug-likeness (QED) is 0.263. The van der Waals surface area contributed by atoms with Crippen LogP contribution in [0, 0.1) is 0 Å². The molecule has 1 aliphatic rings. The van der Waals surface area contributed by atoms with Crippen molar-refractivity contribution in [3.63, 3.8) is 0 Å². The summed E-state index contributed by atoms with van der Waals surface area (Å²) in [7, 11) is 0. The predicted molar refractivity (Wildman–Crippen MR) is 85.4 cm³/mol. The molecule has 5 atom stereocenters. The van der Waals surface area contributed by atoms with Gasteiger partial charge >= 0.3 is 23.9 Å². The van der Waals surface area contributed by atoms with Crippen molar-refractivity contribution in [3.8, 4) is 0 Å². The summed E-state index contributed by atoms with van der Waals surface area (Å²) in [4.78, 5) is 46.4. The number of alkyl halides is 1. The minimum atomic E-state index is -1.40.